The highest BCUT2D eigenvalue weighted by Gasteiger charge is 2.11. The molecule has 7 heteroatoms. The summed E-state index contributed by atoms with van der Waals surface area (Å²) in [5, 5.41) is 10.6. The molecule has 1 heterocycles. The Morgan fingerprint density at radius 3 is 2.48 bits per heavy atom. The standard InChI is InChI=1S/C14H12N2O5/c1-9-7-11(16(18)19)8-15-13(9)21-12-5-3-10(4-6-12)14(17)20-2/h3-8H,1-2H3. The first-order valence-corrected chi connectivity index (χ1v) is 5.98. The van der Waals surface area contributed by atoms with Crippen molar-refractivity contribution in [2.24, 2.45) is 0 Å². The minimum absolute atomic E-state index is 0.0964. The Balaban J connectivity index is 2.18. The Morgan fingerprint density at radius 1 is 1.29 bits per heavy atom. The maximum absolute atomic E-state index is 11.3. The molecule has 2 rings (SSSR count). The van der Waals surface area contributed by atoms with Gasteiger partial charge < -0.3 is 9.47 Å². The summed E-state index contributed by atoms with van der Waals surface area (Å²) in [6, 6.07) is 7.68. The minimum Gasteiger partial charge on any atom is -0.465 e. The maximum atomic E-state index is 11.3. The van der Waals surface area contributed by atoms with Crippen molar-refractivity contribution in [3.05, 3.63) is 57.8 Å². The van der Waals surface area contributed by atoms with E-state index in [2.05, 4.69) is 9.72 Å². The lowest BCUT2D eigenvalue weighted by atomic mass is 10.2. The molecule has 0 fully saturated rings. The van der Waals surface area contributed by atoms with Gasteiger partial charge in [-0.15, -0.1) is 0 Å². The maximum Gasteiger partial charge on any atom is 0.337 e. The second-order valence-electron chi connectivity index (χ2n) is 4.19. The predicted molar refractivity (Wildman–Crippen MR) is 73.5 cm³/mol. The van der Waals surface area contributed by atoms with E-state index in [4.69, 9.17) is 4.74 Å². The Bertz CT molecular complexity index is 682. The van der Waals surface area contributed by atoms with Crippen molar-refractivity contribution in [1.82, 2.24) is 4.98 Å². The molecule has 0 spiro atoms. The normalized spacial score (nSPS) is 10.0. The van der Waals surface area contributed by atoms with Gasteiger partial charge in [0.25, 0.3) is 5.69 Å². The molecule has 7 nitrogen and oxygen atoms in total. The van der Waals surface area contributed by atoms with Crippen molar-refractivity contribution in [1.29, 1.82) is 0 Å². The second-order valence-corrected chi connectivity index (χ2v) is 4.19. The van der Waals surface area contributed by atoms with Crippen LogP contribution in [0, 0.1) is 17.0 Å². The molecule has 0 bridgehead atoms. The number of nitrogens with zero attached hydrogens (tertiary/aromatic N) is 2. The van der Waals surface area contributed by atoms with Gasteiger partial charge in [0.05, 0.1) is 17.6 Å². The van der Waals surface area contributed by atoms with Crippen LogP contribution < -0.4 is 4.74 Å². The summed E-state index contributed by atoms with van der Waals surface area (Å²) in [6.07, 6.45) is 1.13. The van der Waals surface area contributed by atoms with Gasteiger partial charge in [-0.1, -0.05) is 0 Å². The van der Waals surface area contributed by atoms with E-state index in [1.807, 2.05) is 0 Å². The van der Waals surface area contributed by atoms with Crippen molar-refractivity contribution >= 4 is 11.7 Å². The SMILES string of the molecule is COC(=O)c1ccc(Oc2ncc([N+](=O)[O-])cc2C)cc1. The van der Waals surface area contributed by atoms with Crippen LogP contribution >= 0.6 is 0 Å². The van der Waals surface area contributed by atoms with E-state index in [1.54, 1.807) is 31.2 Å². The van der Waals surface area contributed by atoms with Crippen molar-refractivity contribution in [2.75, 3.05) is 7.11 Å². The van der Waals surface area contributed by atoms with E-state index in [9.17, 15) is 14.9 Å². The van der Waals surface area contributed by atoms with E-state index in [0.29, 0.717) is 16.9 Å². The van der Waals surface area contributed by atoms with Gasteiger partial charge in [0.1, 0.15) is 11.9 Å². The Kier molecular flexibility index (Phi) is 4.13. The second kappa shape index (κ2) is 6.00. The lowest BCUT2D eigenvalue weighted by Crippen LogP contribution is -2.00. The van der Waals surface area contributed by atoms with Crippen LogP contribution in [-0.4, -0.2) is 23.0 Å². The van der Waals surface area contributed by atoms with Crippen molar-refractivity contribution in [3.8, 4) is 11.6 Å². The number of carbonyl (C=O) groups is 1. The summed E-state index contributed by atoms with van der Waals surface area (Å²) < 4.78 is 10.1. The number of pyridine rings is 1. The molecule has 0 radical (unpaired) electrons. The third-order valence-corrected chi connectivity index (χ3v) is 2.72. The fraction of sp³-hybridized carbons (Fsp3) is 0.143. The average molecular weight is 288 g/mol. The monoisotopic (exact) mass is 288 g/mol. The fourth-order valence-corrected chi connectivity index (χ4v) is 1.64. The number of aryl methyl sites for hydroxylation is 1. The highest BCUT2D eigenvalue weighted by Crippen LogP contribution is 2.25. The van der Waals surface area contributed by atoms with Gasteiger partial charge in [0.2, 0.25) is 5.88 Å². The molecule has 108 valence electrons. The van der Waals surface area contributed by atoms with Crippen molar-refractivity contribution in [3.63, 3.8) is 0 Å². The fourth-order valence-electron chi connectivity index (χ4n) is 1.64. The highest BCUT2D eigenvalue weighted by atomic mass is 16.6. The quantitative estimate of drug-likeness (QED) is 0.488. The van der Waals surface area contributed by atoms with Crippen molar-refractivity contribution < 1.29 is 19.2 Å². The molecular formula is C14H12N2O5. The number of rotatable bonds is 4. The molecule has 0 aliphatic heterocycles. The predicted octanol–water partition coefficient (Wildman–Crippen LogP) is 2.88. The largest absolute Gasteiger partial charge is 0.465 e. The number of ether oxygens (including phenoxy) is 2. The average Bonchev–Trinajstić information content (AvgIpc) is 2.49. The van der Waals surface area contributed by atoms with E-state index in [0.717, 1.165) is 6.20 Å². The lowest BCUT2D eigenvalue weighted by molar-refractivity contribution is -0.385. The van der Waals surface area contributed by atoms with Crippen LogP contribution in [0.15, 0.2) is 36.5 Å². The number of benzene rings is 1. The first-order chi connectivity index (χ1) is 10.0. The topological polar surface area (TPSA) is 91.6 Å². The number of nitro groups is 1. The molecule has 0 aliphatic carbocycles. The summed E-state index contributed by atoms with van der Waals surface area (Å²) in [4.78, 5) is 25.3. The Labute approximate surface area is 120 Å². The molecule has 0 amide bonds. The van der Waals surface area contributed by atoms with Crippen molar-refractivity contribution in [2.45, 2.75) is 6.92 Å². The molecule has 0 unspecified atom stereocenters. The van der Waals surface area contributed by atoms with Crippen LogP contribution in [0.25, 0.3) is 0 Å². The van der Waals surface area contributed by atoms with Gasteiger partial charge in [0.15, 0.2) is 0 Å². The number of methoxy groups -OCH3 is 1. The molecule has 0 saturated heterocycles. The smallest absolute Gasteiger partial charge is 0.337 e. The van der Waals surface area contributed by atoms with E-state index in [1.165, 1.54) is 13.2 Å². The number of aromatic nitrogens is 1. The van der Waals surface area contributed by atoms with Crippen LogP contribution in [0.2, 0.25) is 0 Å². The summed E-state index contributed by atoms with van der Waals surface area (Å²) in [7, 11) is 1.30. The zero-order valence-corrected chi connectivity index (χ0v) is 11.4. The summed E-state index contributed by atoms with van der Waals surface area (Å²) in [5.74, 6) is 0.296. The van der Waals surface area contributed by atoms with Gasteiger partial charge in [0, 0.05) is 11.6 Å². The van der Waals surface area contributed by atoms with Crippen LogP contribution in [0.3, 0.4) is 0 Å². The molecule has 2 aromatic rings. The molecule has 0 aliphatic rings. The molecular weight excluding hydrogens is 276 g/mol. The minimum atomic E-state index is -0.519. The number of carbonyl (C=O) groups excluding carboxylic acids is 1. The molecule has 0 atom stereocenters. The van der Waals surface area contributed by atoms with E-state index >= 15 is 0 Å². The number of hydrogen-bond acceptors (Lipinski definition) is 6. The molecule has 0 saturated carbocycles. The van der Waals surface area contributed by atoms with E-state index < -0.39 is 10.9 Å². The van der Waals surface area contributed by atoms with Gasteiger partial charge in [-0.3, -0.25) is 10.1 Å². The highest BCUT2D eigenvalue weighted by molar-refractivity contribution is 5.89. The van der Waals surface area contributed by atoms with E-state index in [-0.39, 0.29) is 11.6 Å². The first kappa shape index (κ1) is 14.4. The molecule has 1 aromatic carbocycles. The number of esters is 1. The molecule has 0 N–H and O–H groups in total. The Hall–Kier alpha value is -2.96. The lowest BCUT2D eigenvalue weighted by Gasteiger charge is -2.07. The third-order valence-electron chi connectivity index (χ3n) is 2.72. The van der Waals surface area contributed by atoms with Crippen LogP contribution in [-0.2, 0) is 4.74 Å². The zero-order chi connectivity index (χ0) is 15.4. The summed E-state index contributed by atoms with van der Waals surface area (Å²) in [6.45, 7) is 1.66. The third kappa shape index (κ3) is 3.33. The van der Waals surface area contributed by atoms with Gasteiger partial charge in [-0.2, -0.15) is 0 Å². The van der Waals surface area contributed by atoms with Gasteiger partial charge >= 0.3 is 5.97 Å². The first-order valence-electron chi connectivity index (χ1n) is 5.98. The molecule has 1 aromatic heterocycles. The Morgan fingerprint density at radius 2 is 1.95 bits per heavy atom. The summed E-state index contributed by atoms with van der Waals surface area (Å²) >= 11 is 0. The van der Waals surface area contributed by atoms with Crippen LogP contribution in [0.5, 0.6) is 11.6 Å². The van der Waals surface area contributed by atoms with Crippen LogP contribution in [0.4, 0.5) is 5.69 Å². The zero-order valence-electron chi connectivity index (χ0n) is 11.4. The summed E-state index contributed by atoms with van der Waals surface area (Å²) in [5.41, 5.74) is 0.848. The van der Waals surface area contributed by atoms with Gasteiger partial charge in [-0.05, 0) is 31.2 Å². The molecule has 21 heavy (non-hydrogen) atoms. The van der Waals surface area contributed by atoms with Crippen LogP contribution in [0.1, 0.15) is 15.9 Å². The van der Waals surface area contributed by atoms with Gasteiger partial charge in [-0.25, -0.2) is 9.78 Å². The number of hydrogen-bond donors (Lipinski definition) is 0.